The number of benzene rings is 1. The number of amides is 1. The Bertz CT molecular complexity index is 1250. The molecule has 1 aliphatic rings. The number of nitro groups is 1. The molecule has 10 nitrogen and oxygen atoms in total. The number of carbonyl (C=O) groups is 1. The molecular formula is C23H27FN6O4. The van der Waals surface area contributed by atoms with E-state index in [0.29, 0.717) is 29.1 Å². The molecule has 3 aromatic rings. The summed E-state index contributed by atoms with van der Waals surface area (Å²) < 4.78 is 21.5. The summed E-state index contributed by atoms with van der Waals surface area (Å²) in [7, 11) is 1.74. The van der Waals surface area contributed by atoms with Crippen molar-refractivity contribution < 1.29 is 18.8 Å². The molecule has 0 radical (unpaired) electrons. The number of halogens is 1. The van der Waals surface area contributed by atoms with E-state index in [-0.39, 0.29) is 23.8 Å². The van der Waals surface area contributed by atoms with E-state index in [2.05, 4.69) is 15.3 Å². The Morgan fingerprint density at radius 3 is 2.79 bits per heavy atom. The molecule has 0 saturated carbocycles. The van der Waals surface area contributed by atoms with Gasteiger partial charge in [-0.15, -0.1) is 0 Å². The molecule has 1 aromatic carbocycles. The Hall–Kier alpha value is -3.76. The smallest absolute Gasteiger partial charge is 0.407 e. The van der Waals surface area contributed by atoms with Crippen molar-refractivity contribution >= 4 is 28.5 Å². The zero-order chi connectivity index (χ0) is 24.6. The van der Waals surface area contributed by atoms with Gasteiger partial charge in [0.15, 0.2) is 5.82 Å². The molecule has 1 atom stereocenters. The number of imidazole rings is 1. The predicted molar refractivity (Wildman–Crippen MR) is 125 cm³/mol. The lowest BCUT2D eigenvalue weighted by Gasteiger charge is -2.27. The number of ether oxygens (including phenoxy) is 1. The lowest BCUT2D eigenvalue weighted by Crippen LogP contribution is -2.42. The number of hydrogen-bond acceptors (Lipinski definition) is 7. The summed E-state index contributed by atoms with van der Waals surface area (Å²) in [5.41, 5.74) is 0.955. The van der Waals surface area contributed by atoms with Gasteiger partial charge in [-0.05, 0) is 45.7 Å². The Kier molecular flexibility index (Phi) is 6.11. The van der Waals surface area contributed by atoms with E-state index in [1.54, 1.807) is 38.5 Å². The van der Waals surface area contributed by atoms with Crippen molar-refractivity contribution in [1.82, 2.24) is 19.9 Å². The monoisotopic (exact) mass is 470 g/mol. The summed E-state index contributed by atoms with van der Waals surface area (Å²) in [6.45, 7) is 6.17. The van der Waals surface area contributed by atoms with Crippen molar-refractivity contribution in [2.45, 2.75) is 45.3 Å². The summed E-state index contributed by atoms with van der Waals surface area (Å²) in [5.74, 6) is -0.183. The van der Waals surface area contributed by atoms with Crippen LogP contribution in [0.4, 0.5) is 20.6 Å². The number of aromatic nitrogens is 3. The van der Waals surface area contributed by atoms with Gasteiger partial charge in [-0.2, -0.15) is 0 Å². The fraction of sp³-hybridized carbons (Fsp3) is 0.435. The van der Waals surface area contributed by atoms with Crippen LogP contribution in [0.1, 0.15) is 33.6 Å². The molecule has 1 aliphatic heterocycles. The molecule has 1 N–H and O–H groups in total. The fourth-order valence-electron chi connectivity index (χ4n) is 4.32. The quantitative estimate of drug-likeness (QED) is 0.439. The van der Waals surface area contributed by atoms with Crippen LogP contribution < -0.4 is 10.2 Å². The fourth-order valence-corrected chi connectivity index (χ4v) is 4.32. The van der Waals surface area contributed by atoms with Gasteiger partial charge in [0, 0.05) is 38.4 Å². The zero-order valence-corrected chi connectivity index (χ0v) is 19.5. The average molecular weight is 471 g/mol. The number of aryl methyl sites for hydroxylation is 1. The number of anilines is 1. The maximum absolute atomic E-state index is 14.5. The first-order valence-electron chi connectivity index (χ1n) is 11.0. The van der Waals surface area contributed by atoms with Gasteiger partial charge in [0.1, 0.15) is 22.6 Å². The van der Waals surface area contributed by atoms with Crippen LogP contribution in [-0.4, -0.2) is 50.3 Å². The van der Waals surface area contributed by atoms with Crippen LogP contribution in [0.5, 0.6) is 0 Å². The summed E-state index contributed by atoms with van der Waals surface area (Å²) >= 11 is 0. The van der Waals surface area contributed by atoms with E-state index < -0.39 is 22.4 Å². The van der Waals surface area contributed by atoms with E-state index in [1.807, 2.05) is 4.90 Å². The van der Waals surface area contributed by atoms with E-state index >= 15 is 0 Å². The third kappa shape index (κ3) is 4.50. The molecule has 1 saturated heterocycles. The largest absolute Gasteiger partial charge is 0.444 e. The normalized spacial score (nSPS) is 16.1. The Morgan fingerprint density at radius 1 is 1.35 bits per heavy atom. The number of rotatable bonds is 5. The molecule has 3 heterocycles. The van der Waals surface area contributed by atoms with E-state index in [9.17, 15) is 19.3 Å². The van der Waals surface area contributed by atoms with E-state index in [0.717, 1.165) is 19.0 Å². The minimum atomic E-state index is -0.629. The molecule has 1 amide bonds. The SMILES string of the molecule is Cn1c(-c2ccncc2F)nc2c(N3CCC[C@H]3CNC(=O)OC(C)(C)C)c([N+](=O)[O-])ccc21. The summed E-state index contributed by atoms with van der Waals surface area (Å²) in [5, 5.41) is 14.7. The van der Waals surface area contributed by atoms with Gasteiger partial charge in [0.25, 0.3) is 5.69 Å². The molecule has 180 valence electrons. The van der Waals surface area contributed by atoms with Crippen molar-refractivity contribution in [3.63, 3.8) is 0 Å². The van der Waals surface area contributed by atoms with Crippen molar-refractivity contribution in [3.8, 4) is 11.4 Å². The van der Waals surface area contributed by atoms with Crippen molar-refractivity contribution in [1.29, 1.82) is 0 Å². The van der Waals surface area contributed by atoms with Crippen LogP contribution >= 0.6 is 0 Å². The third-order valence-electron chi connectivity index (χ3n) is 5.76. The van der Waals surface area contributed by atoms with Gasteiger partial charge in [0.05, 0.1) is 22.2 Å². The Balaban J connectivity index is 1.75. The molecule has 0 unspecified atom stereocenters. The Morgan fingerprint density at radius 2 is 2.12 bits per heavy atom. The maximum atomic E-state index is 14.5. The number of alkyl carbamates (subject to hydrolysis) is 1. The second kappa shape index (κ2) is 8.88. The van der Waals surface area contributed by atoms with E-state index in [1.165, 1.54) is 18.3 Å². The van der Waals surface area contributed by atoms with Crippen LogP contribution in [0.15, 0.2) is 30.6 Å². The van der Waals surface area contributed by atoms with Crippen LogP contribution in [-0.2, 0) is 11.8 Å². The second-order valence-corrected chi connectivity index (χ2v) is 9.28. The summed E-state index contributed by atoms with van der Waals surface area (Å²) in [6, 6.07) is 4.41. The minimum Gasteiger partial charge on any atom is -0.444 e. The van der Waals surface area contributed by atoms with Crippen molar-refractivity contribution in [2.24, 2.45) is 7.05 Å². The highest BCUT2D eigenvalue weighted by molar-refractivity contribution is 5.97. The molecule has 4 rings (SSSR count). The molecule has 0 spiro atoms. The van der Waals surface area contributed by atoms with Gasteiger partial charge in [-0.3, -0.25) is 15.1 Å². The van der Waals surface area contributed by atoms with E-state index in [4.69, 9.17) is 4.74 Å². The molecule has 0 aliphatic carbocycles. The third-order valence-corrected chi connectivity index (χ3v) is 5.76. The van der Waals surface area contributed by atoms with Gasteiger partial charge in [-0.25, -0.2) is 14.2 Å². The van der Waals surface area contributed by atoms with Gasteiger partial charge in [0.2, 0.25) is 0 Å². The number of pyridine rings is 1. The second-order valence-electron chi connectivity index (χ2n) is 9.28. The van der Waals surface area contributed by atoms with Crippen LogP contribution in [0.3, 0.4) is 0 Å². The minimum absolute atomic E-state index is 0.0866. The first-order chi connectivity index (χ1) is 16.1. The molecule has 2 aromatic heterocycles. The van der Waals surface area contributed by atoms with Crippen LogP contribution in [0.25, 0.3) is 22.4 Å². The van der Waals surface area contributed by atoms with Crippen molar-refractivity contribution in [2.75, 3.05) is 18.0 Å². The number of nitro benzene ring substituents is 1. The van der Waals surface area contributed by atoms with Gasteiger partial charge < -0.3 is 19.5 Å². The number of nitrogens with one attached hydrogen (secondary N) is 1. The lowest BCUT2D eigenvalue weighted by atomic mass is 10.1. The molecular weight excluding hydrogens is 443 g/mol. The summed E-state index contributed by atoms with van der Waals surface area (Å²) in [6.07, 6.45) is 3.58. The van der Waals surface area contributed by atoms with Crippen molar-refractivity contribution in [3.05, 3.63) is 46.5 Å². The number of carbonyl (C=O) groups excluding carboxylic acids is 1. The standard InChI is InChI=1S/C23H27FN6O4/c1-23(2,3)34-22(31)26-12-14-6-5-11-29(14)20-18(30(32)33)8-7-17-19(20)27-21(28(17)4)15-9-10-25-13-16(15)24/h7-10,13-14H,5-6,11-12H2,1-4H3,(H,26,31)/t14-/m0/s1. The molecule has 1 fully saturated rings. The van der Waals surface area contributed by atoms with Crippen LogP contribution in [0.2, 0.25) is 0 Å². The highest BCUT2D eigenvalue weighted by Crippen LogP contribution is 2.40. The number of nitrogens with zero attached hydrogens (tertiary/aromatic N) is 5. The topological polar surface area (TPSA) is 115 Å². The van der Waals surface area contributed by atoms with Gasteiger partial charge >= 0.3 is 6.09 Å². The van der Waals surface area contributed by atoms with Gasteiger partial charge in [-0.1, -0.05) is 0 Å². The first kappa shape index (κ1) is 23.4. The number of hydrogen-bond donors (Lipinski definition) is 1. The molecule has 34 heavy (non-hydrogen) atoms. The average Bonchev–Trinajstić information content (AvgIpc) is 3.35. The zero-order valence-electron chi connectivity index (χ0n) is 19.5. The highest BCUT2D eigenvalue weighted by atomic mass is 19.1. The highest BCUT2D eigenvalue weighted by Gasteiger charge is 2.34. The predicted octanol–water partition coefficient (Wildman–Crippen LogP) is 4.18. The lowest BCUT2D eigenvalue weighted by molar-refractivity contribution is -0.384. The maximum Gasteiger partial charge on any atom is 0.407 e. The molecule has 0 bridgehead atoms. The summed E-state index contributed by atoms with van der Waals surface area (Å²) in [4.78, 5) is 34.0. The number of fused-ring (bicyclic) bond motifs is 1. The Labute approximate surface area is 195 Å². The first-order valence-corrected chi connectivity index (χ1v) is 11.0. The molecule has 11 heteroatoms. The van der Waals surface area contributed by atoms with Crippen LogP contribution in [0, 0.1) is 15.9 Å².